The van der Waals surface area contributed by atoms with Crippen LogP contribution in [0.1, 0.15) is 16.7 Å². The molecule has 1 amide bonds. The second-order valence-electron chi connectivity index (χ2n) is 7.07. The van der Waals surface area contributed by atoms with E-state index < -0.39 is 5.63 Å². The number of halogens is 2. The Hall–Kier alpha value is -2.96. The van der Waals surface area contributed by atoms with E-state index in [9.17, 15) is 14.7 Å². The van der Waals surface area contributed by atoms with Crippen LogP contribution in [0.4, 0.5) is 0 Å². The highest BCUT2D eigenvalue weighted by Gasteiger charge is 2.16. The van der Waals surface area contributed by atoms with Crippen molar-refractivity contribution in [3.05, 3.63) is 73.7 Å². The Morgan fingerprint density at radius 2 is 2.00 bits per heavy atom. The molecule has 2 aromatic heterocycles. The van der Waals surface area contributed by atoms with Crippen molar-refractivity contribution in [1.29, 1.82) is 0 Å². The number of rotatable bonds is 5. The summed E-state index contributed by atoms with van der Waals surface area (Å²) < 4.78 is 5.26. The first-order chi connectivity index (χ1) is 14.3. The number of aromatic nitrogens is 1. The molecule has 30 heavy (non-hydrogen) atoms. The molecule has 8 heteroatoms. The lowest BCUT2D eigenvalue weighted by molar-refractivity contribution is -0.120. The normalized spacial score (nSPS) is 11.3. The van der Waals surface area contributed by atoms with Crippen LogP contribution in [-0.2, 0) is 17.6 Å². The zero-order valence-electron chi connectivity index (χ0n) is 16.0. The number of hydrogen-bond acceptors (Lipinski definition) is 4. The second kappa shape index (κ2) is 8.05. The van der Waals surface area contributed by atoms with Crippen LogP contribution in [0.15, 0.2) is 45.7 Å². The van der Waals surface area contributed by atoms with Gasteiger partial charge in [-0.25, -0.2) is 4.79 Å². The van der Waals surface area contributed by atoms with E-state index in [4.69, 9.17) is 27.6 Å². The second-order valence-corrected chi connectivity index (χ2v) is 7.92. The van der Waals surface area contributed by atoms with Gasteiger partial charge in [-0.15, -0.1) is 0 Å². The summed E-state index contributed by atoms with van der Waals surface area (Å²) in [5, 5.41) is 14.9. The Kier molecular flexibility index (Phi) is 5.45. The lowest BCUT2D eigenvalue weighted by atomic mass is 10.0. The third-order valence-electron chi connectivity index (χ3n) is 5.14. The van der Waals surface area contributed by atoms with Crippen LogP contribution in [0.25, 0.3) is 21.9 Å². The van der Waals surface area contributed by atoms with Crippen LogP contribution in [0.3, 0.4) is 0 Å². The molecule has 2 aromatic carbocycles. The lowest BCUT2D eigenvalue weighted by Crippen LogP contribution is -2.29. The lowest BCUT2D eigenvalue weighted by Gasteiger charge is -2.09. The molecule has 4 aromatic rings. The van der Waals surface area contributed by atoms with Crippen LogP contribution < -0.4 is 10.9 Å². The van der Waals surface area contributed by atoms with E-state index in [1.54, 1.807) is 6.92 Å². The topological polar surface area (TPSA) is 95.3 Å². The molecule has 0 atom stereocenters. The van der Waals surface area contributed by atoms with Crippen molar-refractivity contribution in [2.75, 3.05) is 6.54 Å². The molecule has 0 saturated carbocycles. The summed E-state index contributed by atoms with van der Waals surface area (Å²) in [6.45, 7) is 2.14. The zero-order chi connectivity index (χ0) is 21.4. The van der Waals surface area contributed by atoms with E-state index in [1.807, 2.05) is 24.4 Å². The van der Waals surface area contributed by atoms with E-state index in [-0.39, 0.29) is 34.2 Å². The maximum Gasteiger partial charge on any atom is 0.340 e. The number of fused-ring (bicyclic) bond motifs is 2. The van der Waals surface area contributed by atoms with Gasteiger partial charge in [0.15, 0.2) is 0 Å². The van der Waals surface area contributed by atoms with Crippen molar-refractivity contribution >= 4 is 51.0 Å². The number of phenols is 1. The molecule has 0 aliphatic heterocycles. The summed E-state index contributed by atoms with van der Waals surface area (Å²) in [5.41, 5.74) is 2.51. The number of hydrogen-bond donors (Lipinski definition) is 3. The molecular weight excluding hydrogens is 427 g/mol. The average molecular weight is 445 g/mol. The third kappa shape index (κ3) is 3.88. The highest BCUT2D eigenvalue weighted by Crippen LogP contribution is 2.30. The number of carbonyl (C=O) groups is 1. The molecule has 0 unspecified atom stereocenters. The standard InChI is InChI=1S/C22H18Cl2N2O4/c1-11-14-7-17(24)19(27)9-20(14)30-22(29)15(11)8-21(28)25-5-4-12-10-26-18-3-2-13(23)6-16(12)18/h2-3,6-7,9-10,26-27H,4-5,8H2,1H3,(H,25,28). The van der Waals surface area contributed by atoms with Crippen LogP contribution in [0, 0.1) is 6.92 Å². The number of nitrogens with one attached hydrogen (secondary N) is 2. The van der Waals surface area contributed by atoms with Crippen molar-refractivity contribution in [1.82, 2.24) is 10.3 Å². The maximum atomic E-state index is 12.4. The third-order valence-corrected chi connectivity index (χ3v) is 5.68. The van der Waals surface area contributed by atoms with E-state index in [1.165, 1.54) is 12.1 Å². The first-order valence-electron chi connectivity index (χ1n) is 9.30. The zero-order valence-corrected chi connectivity index (χ0v) is 17.5. The summed E-state index contributed by atoms with van der Waals surface area (Å²) in [4.78, 5) is 28.0. The molecule has 0 spiro atoms. The highest BCUT2D eigenvalue weighted by atomic mass is 35.5. The summed E-state index contributed by atoms with van der Waals surface area (Å²) in [6, 6.07) is 8.43. The van der Waals surface area contributed by atoms with Crippen LogP contribution in [0.2, 0.25) is 10.0 Å². The van der Waals surface area contributed by atoms with Gasteiger partial charge in [0.05, 0.1) is 17.0 Å². The summed E-state index contributed by atoms with van der Waals surface area (Å²) in [6.07, 6.45) is 2.41. The van der Waals surface area contributed by atoms with E-state index in [0.717, 1.165) is 16.5 Å². The number of carbonyl (C=O) groups excluding carboxylic acids is 1. The maximum absolute atomic E-state index is 12.4. The van der Waals surface area contributed by atoms with Crippen molar-refractivity contribution < 1.29 is 14.3 Å². The van der Waals surface area contributed by atoms with Gasteiger partial charge < -0.3 is 19.8 Å². The van der Waals surface area contributed by atoms with Gasteiger partial charge in [-0.05, 0) is 48.7 Å². The predicted molar refractivity (Wildman–Crippen MR) is 118 cm³/mol. The number of aromatic amines is 1. The number of amides is 1. The molecule has 0 aliphatic carbocycles. The summed E-state index contributed by atoms with van der Waals surface area (Å²) >= 11 is 12.0. The van der Waals surface area contributed by atoms with Gasteiger partial charge in [0.2, 0.25) is 5.91 Å². The van der Waals surface area contributed by atoms with Gasteiger partial charge in [0, 0.05) is 40.1 Å². The molecule has 4 rings (SSSR count). The Morgan fingerprint density at radius 3 is 2.80 bits per heavy atom. The first kappa shape index (κ1) is 20.3. The van der Waals surface area contributed by atoms with E-state index >= 15 is 0 Å². The molecule has 3 N–H and O–H groups in total. The first-order valence-corrected chi connectivity index (χ1v) is 10.1. The minimum atomic E-state index is -0.608. The van der Waals surface area contributed by atoms with Crippen LogP contribution >= 0.6 is 23.2 Å². The SMILES string of the molecule is Cc1c(CC(=O)NCCc2c[nH]c3ccc(Cl)cc23)c(=O)oc2cc(O)c(Cl)cc12. The Bertz CT molecular complexity index is 1340. The number of aromatic hydroxyl groups is 1. The van der Waals surface area contributed by atoms with Gasteiger partial charge in [-0.2, -0.15) is 0 Å². The smallest absolute Gasteiger partial charge is 0.340 e. The Labute approximate surface area is 181 Å². The number of phenolic OH excluding ortho intramolecular Hbond substituents is 1. The van der Waals surface area contributed by atoms with Gasteiger partial charge in [-0.3, -0.25) is 4.79 Å². The number of aryl methyl sites for hydroxylation is 1. The van der Waals surface area contributed by atoms with Crippen molar-refractivity contribution in [2.24, 2.45) is 0 Å². The number of H-pyrrole nitrogens is 1. The minimum Gasteiger partial charge on any atom is -0.506 e. The Balaban J connectivity index is 1.47. The summed E-state index contributed by atoms with van der Waals surface area (Å²) in [7, 11) is 0. The molecule has 0 saturated heterocycles. The van der Waals surface area contributed by atoms with Gasteiger partial charge in [0.25, 0.3) is 0 Å². The molecule has 6 nitrogen and oxygen atoms in total. The van der Waals surface area contributed by atoms with Gasteiger partial charge in [-0.1, -0.05) is 23.2 Å². The van der Waals surface area contributed by atoms with Gasteiger partial charge in [0.1, 0.15) is 11.3 Å². The molecule has 154 valence electrons. The summed E-state index contributed by atoms with van der Waals surface area (Å²) in [5.74, 6) is -0.455. The monoisotopic (exact) mass is 444 g/mol. The fourth-order valence-corrected chi connectivity index (χ4v) is 3.85. The fourth-order valence-electron chi connectivity index (χ4n) is 3.52. The van der Waals surface area contributed by atoms with Crippen molar-refractivity contribution in [3.8, 4) is 5.75 Å². The molecule has 2 heterocycles. The molecule has 0 radical (unpaired) electrons. The Morgan fingerprint density at radius 1 is 1.20 bits per heavy atom. The molecule has 0 aliphatic rings. The number of benzene rings is 2. The van der Waals surface area contributed by atoms with Crippen LogP contribution in [0.5, 0.6) is 5.75 Å². The molecular formula is C22H18Cl2N2O4. The molecule has 0 fully saturated rings. The van der Waals surface area contributed by atoms with Crippen molar-refractivity contribution in [3.63, 3.8) is 0 Å². The largest absolute Gasteiger partial charge is 0.506 e. The van der Waals surface area contributed by atoms with Crippen molar-refractivity contribution in [2.45, 2.75) is 19.8 Å². The predicted octanol–water partition coefficient (Wildman–Crippen LogP) is 4.50. The minimum absolute atomic E-state index is 0.109. The van der Waals surface area contributed by atoms with E-state index in [0.29, 0.717) is 28.9 Å². The highest BCUT2D eigenvalue weighted by molar-refractivity contribution is 6.32. The average Bonchev–Trinajstić information content (AvgIpc) is 3.09. The fraction of sp³-hybridized carbons (Fsp3) is 0.182. The van der Waals surface area contributed by atoms with Gasteiger partial charge >= 0.3 is 5.63 Å². The molecule has 0 bridgehead atoms. The van der Waals surface area contributed by atoms with E-state index in [2.05, 4.69) is 10.3 Å². The van der Waals surface area contributed by atoms with Crippen LogP contribution in [-0.4, -0.2) is 22.5 Å². The quantitative estimate of drug-likeness (QED) is 0.395.